The van der Waals surface area contributed by atoms with E-state index in [0.717, 1.165) is 30.6 Å². The van der Waals surface area contributed by atoms with Crippen molar-refractivity contribution in [2.75, 3.05) is 20.3 Å². The highest BCUT2D eigenvalue weighted by Crippen LogP contribution is 2.44. The molecule has 1 atom stereocenters. The van der Waals surface area contributed by atoms with E-state index in [9.17, 15) is 0 Å². The Morgan fingerprint density at radius 3 is 2.65 bits per heavy atom. The smallest absolute Gasteiger partial charge is 0.227 e. The second-order valence-electron chi connectivity index (χ2n) is 6.15. The highest BCUT2D eigenvalue weighted by molar-refractivity contribution is 5.43. The SMILES string of the molecule is CCC(C)c1nnc(C2(c3ccccc3OC)CCOCC2)o1. The maximum Gasteiger partial charge on any atom is 0.227 e. The Morgan fingerprint density at radius 2 is 1.96 bits per heavy atom. The summed E-state index contributed by atoms with van der Waals surface area (Å²) < 4.78 is 17.3. The first kappa shape index (κ1) is 16.0. The molecule has 0 radical (unpaired) electrons. The van der Waals surface area contributed by atoms with Crippen molar-refractivity contribution >= 4 is 0 Å². The van der Waals surface area contributed by atoms with Crippen molar-refractivity contribution in [3.05, 3.63) is 41.6 Å². The van der Waals surface area contributed by atoms with Crippen LogP contribution in [0.5, 0.6) is 5.75 Å². The molecule has 2 aromatic rings. The van der Waals surface area contributed by atoms with E-state index in [1.807, 2.05) is 18.2 Å². The van der Waals surface area contributed by atoms with E-state index < -0.39 is 0 Å². The van der Waals surface area contributed by atoms with E-state index in [2.05, 4.69) is 30.1 Å². The normalized spacial score (nSPS) is 18.6. The largest absolute Gasteiger partial charge is 0.496 e. The van der Waals surface area contributed by atoms with Gasteiger partial charge in [0.25, 0.3) is 0 Å². The van der Waals surface area contributed by atoms with Gasteiger partial charge in [0.05, 0.1) is 12.5 Å². The van der Waals surface area contributed by atoms with Crippen LogP contribution in [0.1, 0.15) is 56.4 Å². The maximum atomic E-state index is 6.10. The predicted octanol–water partition coefficient (Wildman–Crippen LogP) is 3.69. The standard InChI is InChI=1S/C18H24N2O3/c1-4-13(2)16-19-20-17(23-16)18(9-11-22-12-10-18)14-7-5-6-8-15(14)21-3/h5-8,13H,4,9-12H2,1-3H3. The van der Waals surface area contributed by atoms with Gasteiger partial charge in [-0.15, -0.1) is 10.2 Å². The van der Waals surface area contributed by atoms with Crippen LogP contribution in [0.25, 0.3) is 0 Å². The van der Waals surface area contributed by atoms with Gasteiger partial charge in [0.2, 0.25) is 11.8 Å². The zero-order valence-corrected chi connectivity index (χ0v) is 14.0. The Hall–Kier alpha value is -1.88. The molecule has 0 N–H and O–H groups in total. The third-order valence-corrected chi connectivity index (χ3v) is 4.85. The number of nitrogens with zero attached hydrogens (tertiary/aromatic N) is 2. The molecule has 1 aliphatic heterocycles. The molecule has 0 aliphatic carbocycles. The van der Waals surface area contributed by atoms with Gasteiger partial charge < -0.3 is 13.9 Å². The summed E-state index contributed by atoms with van der Waals surface area (Å²) in [6.45, 7) is 5.59. The Bertz CT molecular complexity index is 647. The van der Waals surface area contributed by atoms with Gasteiger partial charge in [-0.2, -0.15) is 0 Å². The van der Waals surface area contributed by atoms with E-state index in [4.69, 9.17) is 13.9 Å². The van der Waals surface area contributed by atoms with E-state index >= 15 is 0 Å². The number of hydrogen-bond acceptors (Lipinski definition) is 5. The molecule has 2 heterocycles. The van der Waals surface area contributed by atoms with Crippen molar-refractivity contribution in [1.82, 2.24) is 10.2 Å². The van der Waals surface area contributed by atoms with Crippen molar-refractivity contribution in [1.29, 1.82) is 0 Å². The summed E-state index contributed by atoms with van der Waals surface area (Å²) in [5.41, 5.74) is 0.772. The van der Waals surface area contributed by atoms with Gasteiger partial charge in [-0.05, 0) is 25.3 Å². The zero-order chi connectivity index (χ0) is 16.3. The lowest BCUT2D eigenvalue weighted by atomic mass is 9.73. The van der Waals surface area contributed by atoms with Crippen molar-refractivity contribution < 1.29 is 13.9 Å². The summed E-state index contributed by atoms with van der Waals surface area (Å²) in [5.74, 6) is 2.52. The van der Waals surface area contributed by atoms with E-state index in [0.29, 0.717) is 25.0 Å². The van der Waals surface area contributed by atoms with Gasteiger partial charge in [0.1, 0.15) is 5.75 Å². The molecule has 1 aromatic carbocycles. The second-order valence-corrected chi connectivity index (χ2v) is 6.15. The van der Waals surface area contributed by atoms with Gasteiger partial charge in [0, 0.05) is 24.7 Å². The molecule has 0 amide bonds. The lowest BCUT2D eigenvalue weighted by Crippen LogP contribution is -2.35. The molecule has 124 valence electrons. The Labute approximate surface area is 137 Å². The first-order chi connectivity index (χ1) is 11.2. The van der Waals surface area contributed by atoms with Crippen LogP contribution in [0.2, 0.25) is 0 Å². The van der Waals surface area contributed by atoms with Crippen molar-refractivity contribution in [2.45, 2.75) is 44.4 Å². The van der Waals surface area contributed by atoms with Crippen LogP contribution in [0.3, 0.4) is 0 Å². The molecule has 1 saturated heterocycles. The van der Waals surface area contributed by atoms with Gasteiger partial charge in [-0.1, -0.05) is 32.0 Å². The van der Waals surface area contributed by atoms with Gasteiger partial charge >= 0.3 is 0 Å². The van der Waals surface area contributed by atoms with Gasteiger partial charge in [-0.25, -0.2) is 0 Å². The third-order valence-electron chi connectivity index (χ3n) is 4.85. The molecular formula is C18H24N2O3. The Balaban J connectivity index is 2.08. The van der Waals surface area contributed by atoms with Crippen molar-refractivity contribution in [3.8, 4) is 5.75 Å². The highest BCUT2D eigenvalue weighted by atomic mass is 16.5. The van der Waals surface area contributed by atoms with Crippen LogP contribution in [0.4, 0.5) is 0 Å². The second kappa shape index (κ2) is 6.71. The molecular weight excluding hydrogens is 292 g/mol. The maximum absolute atomic E-state index is 6.10. The van der Waals surface area contributed by atoms with E-state index in [1.54, 1.807) is 7.11 Å². The number of aromatic nitrogens is 2. The topological polar surface area (TPSA) is 57.4 Å². The van der Waals surface area contributed by atoms with Crippen LogP contribution in [-0.2, 0) is 10.2 Å². The lowest BCUT2D eigenvalue weighted by molar-refractivity contribution is 0.0531. The molecule has 23 heavy (non-hydrogen) atoms. The fraction of sp³-hybridized carbons (Fsp3) is 0.556. The summed E-state index contributed by atoms with van der Waals surface area (Å²) in [6.07, 6.45) is 2.61. The summed E-state index contributed by atoms with van der Waals surface area (Å²) in [5, 5.41) is 8.69. The Morgan fingerprint density at radius 1 is 1.22 bits per heavy atom. The van der Waals surface area contributed by atoms with Crippen molar-refractivity contribution in [3.63, 3.8) is 0 Å². The number of methoxy groups -OCH3 is 1. The molecule has 3 rings (SSSR count). The summed E-state index contributed by atoms with van der Waals surface area (Å²) in [4.78, 5) is 0. The van der Waals surface area contributed by atoms with Crippen molar-refractivity contribution in [2.24, 2.45) is 0 Å². The quantitative estimate of drug-likeness (QED) is 0.842. The minimum Gasteiger partial charge on any atom is -0.496 e. The monoisotopic (exact) mass is 316 g/mol. The molecule has 5 heteroatoms. The number of para-hydroxylation sites is 1. The van der Waals surface area contributed by atoms with Crippen LogP contribution < -0.4 is 4.74 Å². The average Bonchev–Trinajstić information content (AvgIpc) is 3.12. The number of benzene rings is 1. The van der Waals surface area contributed by atoms with Gasteiger partial charge in [-0.3, -0.25) is 0 Å². The fourth-order valence-electron chi connectivity index (χ4n) is 3.16. The number of ether oxygens (including phenoxy) is 2. The molecule has 1 unspecified atom stereocenters. The van der Waals surface area contributed by atoms with Gasteiger partial charge in [0.15, 0.2) is 0 Å². The van der Waals surface area contributed by atoms with Crippen LogP contribution >= 0.6 is 0 Å². The minimum atomic E-state index is -0.330. The molecule has 5 nitrogen and oxygen atoms in total. The summed E-state index contributed by atoms with van der Waals surface area (Å²) in [6, 6.07) is 8.09. The minimum absolute atomic E-state index is 0.269. The molecule has 0 saturated carbocycles. The highest BCUT2D eigenvalue weighted by Gasteiger charge is 2.43. The summed E-state index contributed by atoms with van der Waals surface area (Å²) >= 11 is 0. The van der Waals surface area contributed by atoms with Crippen LogP contribution in [0, 0.1) is 0 Å². The van der Waals surface area contributed by atoms with Crippen LogP contribution in [0.15, 0.2) is 28.7 Å². The molecule has 1 fully saturated rings. The first-order valence-corrected chi connectivity index (χ1v) is 8.26. The molecule has 1 aromatic heterocycles. The van der Waals surface area contributed by atoms with E-state index in [1.165, 1.54) is 0 Å². The van der Waals surface area contributed by atoms with Crippen LogP contribution in [-0.4, -0.2) is 30.5 Å². The molecule has 1 aliphatic rings. The first-order valence-electron chi connectivity index (χ1n) is 8.26. The average molecular weight is 316 g/mol. The summed E-state index contributed by atoms with van der Waals surface area (Å²) in [7, 11) is 1.70. The Kier molecular flexibility index (Phi) is 4.66. The fourth-order valence-corrected chi connectivity index (χ4v) is 3.16. The molecule has 0 spiro atoms. The predicted molar refractivity (Wildman–Crippen MR) is 86.8 cm³/mol. The lowest BCUT2D eigenvalue weighted by Gasteiger charge is -2.35. The van der Waals surface area contributed by atoms with E-state index in [-0.39, 0.29) is 11.3 Å². The number of hydrogen-bond donors (Lipinski definition) is 0. The number of rotatable bonds is 5. The third kappa shape index (κ3) is 2.85. The zero-order valence-electron chi connectivity index (χ0n) is 14.0. The molecule has 0 bridgehead atoms.